The number of fused-ring (bicyclic) bond motifs is 1. The van der Waals surface area contributed by atoms with E-state index in [0.717, 1.165) is 27.0 Å². The van der Waals surface area contributed by atoms with E-state index in [1.165, 1.54) is 25.2 Å². The number of aromatic carboxylic acids is 1. The van der Waals surface area contributed by atoms with Crippen LogP contribution in [0.15, 0.2) is 46.1 Å². The second-order valence-electron chi connectivity index (χ2n) is 6.45. The average Bonchev–Trinajstić information content (AvgIpc) is 2.95. The van der Waals surface area contributed by atoms with Crippen LogP contribution in [0.25, 0.3) is 10.1 Å². The lowest BCUT2D eigenvalue weighted by molar-refractivity contribution is -0.114. The number of nitrogens with one attached hydrogen (secondary N) is 1. The zero-order valence-corrected chi connectivity index (χ0v) is 15.8. The van der Waals surface area contributed by atoms with Gasteiger partial charge in [-0.3, -0.25) is 9.59 Å². The minimum Gasteiger partial charge on any atom is -0.478 e. The second kappa shape index (κ2) is 6.53. The van der Waals surface area contributed by atoms with Gasteiger partial charge in [-0.25, -0.2) is 4.79 Å². The van der Waals surface area contributed by atoms with Gasteiger partial charge in [0.15, 0.2) is 11.6 Å². The number of ketones is 2. The molecule has 1 aromatic carbocycles. The van der Waals surface area contributed by atoms with Crippen LogP contribution in [0.3, 0.4) is 0 Å². The normalized spacial score (nSPS) is 15.4. The summed E-state index contributed by atoms with van der Waals surface area (Å²) in [6.45, 7) is 6.62. The monoisotopic (exact) mass is 369 g/mol. The van der Waals surface area contributed by atoms with E-state index in [1.807, 2.05) is 19.2 Å². The van der Waals surface area contributed by atoms with Gasteiger partial charge in [0, 0.05) is 33.2 Å². The van der Waals surface area contributed by atoms with Crippen molar-refractivity contribution in [2.45, 2.75) is 33.6 Å². The van der Waals surface area contributed by atoms with Crippen LogP contribution < -0.4 is 5.32 Å². The van der Waals surface area contributed by atoms with Crippen molar-refractivity contribution in [1.29, 1.82) is 0 Å². The number of Topliss-reactive ketones (excluding diaryl/α,β-unsaturated/α-hetero) is 2. The molecule has 3 rings (SSSR count). The van der Waals surface area contributed by atoms with E-state index in [0.29, 0.717) is 11.1 Å². The Kier molecular flexibility index (Phi) is 4.54. The Balaban J connectivity index is 2.33. The molecule has 0 atom stereocenters. The fourth-order valence-corrected chi connectivity index (χ4v) is 4.61. The number of dihydropyridines is 1. The van der Waals surface area contributed by atoms with Gasteiger partial charge in [-0.15, -0.1) is 11.3 Å². The molecular formula is C20H19NO4S. The number of allylic oxidation sites excluding steroid dienone is 4. The molecular weight excluding hydrogens is 350 g/mol. The Morgan fingerprint density at radius 1 is 1.04 bits per heavy atom. The first-order valence-corrected chi connectivity index (χ1v) is 9.05. The van der Waals surface area contributed by atoms with Crippen molar-refractivity contribution in [2.75, 3.05) is 0 Å². The predicted octanol–water partition coefficient (Wildman–Crippen LogP) is 4.01. The van der Waals surface area contributed by atoms with Crippen LogP contribution in [-0.2, 0) is 9.59 Å². The molecule has 0 amide bonds. The smallest absolute Gasteiger partial charge is 0.335 e. The molecule has 0 unspecified atom stereocenters. The predicted molar refractivity (Wildman–Crippen MR) is 101 cm³/mol. The van der Waals surface area contributed by atoms with Gasteiger partial charge in [0.2, 0.25) is 0 Å². The highest BCUT2D eigenvalue weighted by Gasteiger charge is 2.34. The van der Waals surface area contributed by atoms with Gasteiger partial charge in [-0.05, 0) is 62.2 Å². The summed E-state index contributed by atoms with van der Waals surface area (Å²) < 4.78 is 0.921. The molecule has 5 nitrogen and oxygen atoms in total. The van der Waals surface area contributed by atoms with Gasteiger partial charge >= 0.3 is 5.97 Å². The first kappa shape index (κ1) is 18.1. The lowest BCUT2D eigenvalue weighted by atomic mass is 9.77. The number of benzene rings is 1. The van der Waals surface area contributed by atoms with E-state index in [-0.39, 0.29) is 17.1 Å². The summed E-state index contributed by atoms with van der Waals surface area (Å²) in [5.74, 6) is -1.73. The summed E-state index contributed by atoms with van der Waals surface area (Å²) in [7, 11) is 0. The van der Waals surface area contributed by atoms with E-state index in [9.17, 15) is 19.5 Å². The minimum absolute atomic E-state index is 0.111. The van der Waals surface area contributed by atoms with Gasteiger partial charge in [-0.1, -0.05) is 0 Å². The van der Waals surface area contributed by atoms with Crippen LogP contribution >= 0.6 is 11.3 Å². The summed E-state index contributed by atoms with van der Waals surface area (Å²) in [6.07, 6.45) is 0. The maximum Gasteiger partial charge on any atom is 0.335 e. The maximum atomic E-state index is 12.4. The molecule has 0 bridgehead atoms. The number of carbonyl (C=O) groups is 3. The Morgan fingerprint density at radius 3 is 2.12 bits per heavy atom. The zero-order chi connectivity index (χ0) is 19.2. The SMILES string of the molecule is CC(=O)C1=C(C)NC(C)=C(C(C)=O)C1c1csc2ccc(C(=O)O)cc12. The van der Waals surface area contributed by atoms with Gasteiger partial charge in [0.25, 0.3) is 0 Å². The van der Waals surface area contributed by atoms with Gasteiger partial charge in [-0.2, -0.15) is 0 Å². The first-order chi connectivity index (χ1) is 12.2. The van der Waals surface area contributed by atoms with Crippen molar-refractivity contribution in [3.8, 4) is 0 Å². The fraction of sp³-hybridized carbons (Fsp3) is 0.250. The fourth-order valence-electron chi connectivity index (χ4n) is 3.64. The molecule has 0 saturated carbocycles. The summed E-state index contributed by atoms with van der Waals surface area (Å²) in [6, 6.07) is 4.95. The Hall–Kier alpha value is -2.73. The largest absolute Gasteiger partial charge is 0.478 e. The van der Waals surface area contributed by atoms with Gasteiger partial charge in [0.05, 0.1) is 5.56 Å². The molecule has 2 heterocycles. The molecule has 6 heteroatoms. The van der Waals surface area contributed by atoms with Crippen molar-refractivity contribution >= 4 is 39.0 Å². The average molecular weight is 369 g/mol. The Labute approximate surface area is 155 Å². The zero-order valence-electron chi connectivity index (χ0n) is 15.0. The second-order valence-corrected chi connectivity index (χ2v) is 7.37. The van der Waals surface area contributed by atoms with Crippen LogP contribution in [-0.4, -0.2) is 22.6 Å². The molecule has 134 valence electrons. The van der Waals surface area contributed by atoms with Crippen LogP contribution in [0.4, 0.5) is 0 Å². The van der Waals surface area contributed by atoms with Gasteiger partial charge in [0.1, 0.15) is 0 Å². The number of hydrogen-bond acceptors (Lipinski definition) is 5. The lowest BCUT2D eigenvalue weighted by Gasteiger charge is -2.30. The van der Waals surface area contributed by atoms with Crippen molar-refractivity contribution < 1.29 is 19.5 Å². The van der Waals surface area contributed by atoms with E-state index in [2.05, 4.69) is 5.32 Å². The molecule has 1 aromatic heterocycles. The third-order valence-corrected chi connectivity index (χ3v) is 5.66. The maximum absolute atomic E-state index is 12.4. The standard InChI is InChI=1S/C20H19NO4S/c1-9-17(11(3)22)19(18(12(4)23)10(2)21-9)15-8-26-16-6-5-13(20(24)25)7-14(15)16/h5-8,19,21H,1-4H3,(H,24,25). The van der Waals surface area contributed by atoms with Crippen LogP contribution in [0.5, 0.6) is 0 Å². The van der Waals surface area contributed by atoms with E-state index in [1.54, 1.807) is 18.2 Å². The molecule has 1 aliphatic heterocycles. The number of carbonyl (C=O) groups excluding carboxylic acids is 2. The summed E-state index contributed by atoms with van der Waals surface area (Å²) in [5, 5.41) is 15.1. The highest BCUT2D eigenvalue weighted by Crippen LogP contribution is 2.43. The van der Waals surface area contributed by atoms with Crippen molar-refractivity contribution in [3.05, 3.63) is 57.2 Å². The van der Waals surface area contributed by atoms with E-state index < -0.39 is 11.9 Å². The molecule has 26 heavy (non-hydrogen) atoms. The molecule has 0 radical (unpaired) electrons. The number of thiophene rings is 1. The van der Waals surface area contributed by atoms with Crippen LogP contribution in [0.1, 0.15) is 49.5 Å². The molecule has 2 aromatic rings. The molecule has 0 saturated heterocycles. The number of carboxylic acid groups (broad SMARTS) is 1. The molecule has 0 aliphatic carbocycles. The Morgan fingerprint density at radius 2 is 1.62 bits per heavy atom. The molecule has 0 fully saturated rings. The van der Waals surface area contributed by atoms with Crippen molar-refractivity contribution in [3.63, 3.8) is 0 Å². The summed E-state index contributed by atoms with van der Waals surface area (Å²) in [5.41, 5.74) is 3.50. The quantitative estimate of drug-likeness (QED) is 0.851. The van der Waals surface area contributed by atoms with Crippen molar-refractivity contribution in [2.24, 2.45) is 0 Å². The Bertz CT molecular complexity index is 990. The minimum atomic E-state index is -1.01. The molecule has 1 aliphatic rings. The number of carboxylic acids is 1. The van der Waals surface area contributed by atoms with E-state index in [4.69, 9.17) is 0 Å². The number of rotatable bonds is 4. The summed E-state index contributed by atoms with van der Waals surface area (Å²) >= 11 is 1.48. The van der Waals surface area contributed by atoms with Crippen molar-refractivity contribution in [1.82, 2.24) is 5.32 Å². The van der Waals surface area contributed by atoms with Crippen LogP contribution in [0, 0.1) is 0 Å². The summed E-state index contributed by atoms with van der Waals surface area (Å²) in [4.78, 5) is 36.1. The van der Waals surface area contributed by atoms with Crippen LogP contribution in [0.2, 0.25) is 0 Å². The molecule has 2 N–H and O–H groups in total. The molecule has 0 spiro atoms. The first-order valence-electron chi connectivity index (χ1n) is 8.17. The van der Waals surface area contributed by atoms with Gasteiger partial charge < -0.3 is 10.4 Å². The highest BCUT2D eigenvalue weighted by atomic mass is 32.1. The highest BCUT2D eigenvalue weighted by molar-refractivity contribution is 7.17. The lowest BCUT2D eigenvalue weighted by Crippen LogP contribution is -2.29. The topological polar surface area (TPSA) is 83.5 Å². The third kappa shape index (κ3) is 2.86. The third-order valence-electron chi connectivity index (χ3n) is 4.68. The number of hydrogen-bond donors (Lipinski definition) is 2. The van der Waals surface area contributed by atoms with E-state index >= 15 is 0 Å².